The van der Waals surface area contributed by atoms with Crippen molar-refractivity contribution in [3.05, 3.63) is 59.2 Å². The average Bonchev–Trinajstić information content (AvgIpc) is 3.29. The number of likely N-dealkylation sites (tertiary alicyclic amines) is 1. The average molecular weight is 355 g/mol. The van der Waals surface area contributed by atoms with E-state index in [0.29, 0.717) is 5.02 Å². The van der Waals surface area contributed by atoms with Gasteiger partial charge in [0.05, 0.1) is 6.61 Å². The number of benzene rings is 2. The van der Waals surface area contributed by atoms with Gasteiger partial charge in [-0.05, 0) is 60.8 Å². The van der Waals surface area contributed by atoms with Crippen LogP contribution in [0.3, 0.4) is 0 Å². The number of aliphatic hydroxyl groups is 1. The van der Waals surface area contributed by atoms with E-state index in [1.807, 2.05) is 18.2 Å². The van der Waals surface area contributed by atoms with Crippen LogP contribution in [0.25, 0.3) is 22.0 Å². The lowest BCUT2D eigenvalue weighted by Crippen LogP contribution is -2.23. The highest BCUT2D eigenvalue weighted by molar-refractivity contribution is 6.31. The number of rotatable bonds is 5. The van der Waals surface area contributed by atoms with Gasteiger partial charge in [0.15, 0.2) is 0 Å². The molecule has 0 unspecified atom stereocenters. The van der Waals surface area contributed by atoms with E-state index in [-0.39, 0.29) is 6.61 Å². The van der Waals surface area contributed by atoms with Crippen LogP contribution in [0.15, 0.2) is 48.7 Å². The Morgan fingerprint density at radius 1 is 1.00 bits per heavy atom. The summed E-state index contributed by atoms with van der Waals surface area (Å²) in [5, 5.41) is 11.2. The van der Waals surface area contributed by atoms with Crippen LogP contribution in [-0.2, 0) is 13.2 Å². The van der Waals surface area contributed by atoms with Gasteiger partial charge in [0.25, 0.3) is 0 Å². The Morgan fingerprint density at radius 2 is 1.84 bits per heavy atom. The summed E-state index contributed by atoms with van der Waals surface area (Å²) < 4.78 is 2.35. The molecule has 130 valence electrons. The van der Waals surface area contributed by atoms with Crippen molar-refractivity contribution in [3.63, 3.8) is 0 Å². The molecular weight excluding hydrogens is 332 g/mol. The molecule has 1 aliphatic rings. The van der Waals surface area contributed by atoms with Crippen molar-refractivity contribution >= 4 is 22.5 Å². The molecule has 4 rings (SSSR count). The molecule has 3 nitrogen and oxygen atoms in total. The highest BCUT2D eigenvalue weighted by Crippen LogP contribution is 2.32. The summed E-state index contributed by atoms with van der Waals surface area (Å²) in [6.45, 7) is 4.58. The van der Waals surface area contributed by atoms with Crippen molar-refractivity contribution in [2.75, 3.05) is 19.6 Å². The van der Waals surface area contributed by atoms with Gasteiger partial charge in [-0.15, -0.1) is 0 Å². The normalized spacial score (nSPS) is 15.3. The number of aliphatic hydroxyl groups excluding tert-OH is 1. The first-order valence-electron chi connectivity index (χ1n) is 8.96. The maximum absolute atomic E-state index is 9.31. The molecule has 0 bridgehead atoms. The molecular formula is C21H23ClN2O. The van der Waals surface area contributed by atoms with Gasteiger partial charge >= 0.3 is 0 Å². The summed E-state index contributed by atoms with van der Waals surface area (Å²) in [6.07, 6.45) is 4.86. The van der Waals surface area contributed by atoms with Gasteiger partial charge in [0.2, 0.25) is 0 Å². The summed E-state index contributed by atoms with van der Waals surface area (Å²) in [5.41, 5.74) is 4.30. The van der Waals surface area contributed by atoms with Crippen LogP contribution in [0.2, 0.25) is 5.02 Å². The lowest BCUT2D eigenvalue weighted by molar-refractivity contribution is 0.282. The second kappa shape index (κ2) is 7.20. The molecule has 1 N–H and O–H groups in total. The monoisotopic (exact) mass is 354 g/mol. The van der Waals surface area contributed by atoms with Crippen LogP contribution < -0.4 is 0 Å². The van der Waals surface area contributed by atoms with Gasteiger partial charge in [-0.1, -0.05) is 35.9 Å². The van der Waals surface area contributed by atoms with Gasteiger partial charge in [-0.2, -0.15) is 0 Å². The molecule has 2 aromatic carbocycles. The number of halogens is 1. The van der Waals surface area contributed by atoms with Crippen molar-refractivity contribution < 1.29 is 5.11 Å². The molecule has 4 heteroatoms. The molecule has 0 spiro atoms. The number of hydrogen-bond acceptors (Lipinski definition) is 2. The first-order chi connectivity index (χ1) is 12.3. The van der Waals surface area contributed by atoms with E-state index >= 15 is 0 Å². The quantitative estimate of drug-likeness (QED) is 0.728. The third-order valence-electron chi connectivity index (χ3n) is 5.20. The fourth-order valence-electron chi connectivity index (χ4n) is 3.77. The molecule has 1 aromatic heterocycles. The van der Waals surface area contributed by atoms with Crippen LogP contribution >= 0.6 is 11.6 Å². The largest absolute Gasteiger partial charge is 0.392 e. The zero-order valence-corrected chi connectivity index (χ0v) is 15.0. The number of aromatic nitrogens is 1. The Morgan fingerprint density at radius 3 is 2.60 bits per heavy atom. The zero-order valence-electron chi connectivity index (χ0n) is 14.3. The second-order valence-electron chi connectivity index (χ2n) is 6.76. The Hall–Kier alpha value is -1.81. The smallest absolute Gasteiger partial charge is 0.0696 e. The summed E-state index contributed by atoms with van der Waals surface area (Å²) in [5.74, 6) is 0. The summed E-state index contributed by atoms with van der Waals surface area (Å²) in [6, 6.07) is 14.5. The topological polar surface area (TPSA) is 28.4 Å². The van der Waals surface area contributed by atoms with E-state index in [9.17, 15) is 5.11 Å². The highest BCUT2D eigenvalue weighted by Gasteiger charge is 2.13. The Labute approximate surface area is 153 Å². The van der Waals surface area contributed by atoms with E-state index in [1.54, 1.807) is 0 Å². The Bertz CT molecular complexity index is 881. The van der Waals surface area contributed by atoms with E-state index in [2.05, 4.69) is 39.9 Å². The SMILES string of the molecule is OCc1ccc(-c2cccc3c2ccn3CCN2CCCC2)cc1Cl. The van der Waals surface area contributed by atoms with Crippen LogP contribution in [0.5, 0.6) is 0 Å². The van der Waals surface area contributed by atoms with Gasteiger partial charge in [0.1, 0.15) is 0 Å². The Kier molecular flexibility index (Phi) is 4.80. The van der Waals surface area contributed by atoms with Crippen molar-refractivity contribution in [3.8, 4) is 11.1 Å². The lowest BCUT2D eigenvalue weighted by Gasteiger charge is -2.15. The third-order valence-corrected chi connectivity index (χ3v) is 5.56. The molecule has 0 saturated carbocycles. The molecule has 0 radical (unpaired) electrons. The second-order valence-corrected chi connectivity index (χ2v) is 7.17. The van der Waals surface area contributed by atoms with E-state index in [0.717, 1.165) is 24.2 Å². The molecule has 3 aromatic rings. The number of hydrogen-bond donors (Lipinski definition) is 1. The summed E-state index contributed by atoms with van der Waals surface area (Å²) in [7, 11) is 0. The van der Waals surface area contributed by atoms with E-state index in [4.69, 9.17) is 11.6 Å². The minimum Gasteiger partial charge on any atom is -0.392 e. The predicted octanol–water partition coefficient (Wildman–Crippen LogP) is 4.55. The van der Waals surface area contributed by atoms with Crippen molar-refractivity contribution in [1.29, 1.82) is 0 Å². The predicted molar refractivity (Wildman–Crippen MR) is 104 cm³/mol. The van der Waals surface area contributed by atoms with Crippen molar-refractivity contribution in [1.82, 2.24) is 9.47 Å². The van der Waals surface area contributed by atoms with Crippen molar-refractivity contribution in [2.24, 2.45) is 0 Å². The third kappa shape index (κ3) is 3.32. The zero-order chi connectivity index (χ0) is 17.2. The highest BCUT2D eigenvalue weighted by atomic mass is 35.5. The lowest BCUT2D eigenvalue weighted by atomic mass is 10.0. The van der Waals surface area contributed by atoms with Crippen LogP contribution in [0.1, 0.15) is 18.4 Å². The fourth-order valence-corrected chi connectivity index (χ4v) is 4.01. The van der Waals surface area contributed by atoms with Crippen LogP contribution in [0.4, 0.5) is 0 Å². The molecule has 2 heterocycles. The fraction of sp³-hybridized carbons (Fsp3) is 0.333. The summed E-state index contributed by atoms with van der Waals surface area (Å²) >= 11 is 6.29. The number of fused-ring (bicyclic) bond motifs is 1. The Balaban J connectivity index is 1.65. The van der Waals surface area contributed by atoms with Gasteiger partial charge in [0, 0.05) is 35.2 Å². The van der Waals surface area contributed by atoms with Crippen LogP contribution in [-0.4, -0.2) is 34.2 Å². The first-order valence-corrected chi connectivity index (χ1v) is 9.34. The molecule has 1 fully saturated rings. The molecule has 0 amide bonds. The van der Waals surface area contributed by atoms with Gasteiger partial charge in [-0.25, -0.2) is 0 Å². The van der Waals surface area contributed by atoms with Gasteiger partial charge < -0.3 is 14.6 Å². The standard InChI is InChI=1S/C21H23ClN2O/c22-20-14-16(6-7-17(20)15-25)18-4-3-5-21-19(18)8-11-24(21)13-12-23-9-1-2-10-23/h3-8,11,14,25H,1-2,9-10,12-13,15H2. The molecule has 0 atom stereocenters. The van der Waals surface area contributed by atoms with Gasteiger partial charge in [-0.3, -0.25) is 0 Å². The van der Waals surface area contributed by atoms with E-state index in [1.165, 1.54) is 42.4 Å². The molecule has 25 heavy (non-hydrogen) atoms. The first kappa shape index (κ1) is 16.6. The van der Waals surface area contributed by atoms with Crippen molar-refractivity contribution in [2.45, 2.75) is 26.0 Å². The molecule has 1 aliphatic heterocycles. The maximum Gasteiger partial charge on any atom is 0.0696 e. The summed E-state index contributed by atoms with van der Waals surface area (Å²) in [4.78, 5) is 2.54. The minimum atomic E-state index is -0.0316. The molecule has 0 aliphatic carbocycles. The number of nitrogens with zero attached hydrogens (tertiary/aromatic N) is 2. The van der Waals surface area contributed by atoms with Crippen LogP contribution in [0, 0.1) is 0 Å². The van der Waals surface area contributed by atoms with E-state index < -0.39 is 0 Å². The minimum absolute atomic E-state index is 0.0316. The maximum atomic E-state index is 9.31. The molecule has 1 saturated heterocycles.